The van der Waals surface area contributed by atoms with Crippen LogP contribution in [0, 0.1) is 13.8 Å². The van der Waals surface area contributed by atoms with Gasteiger partial charge in [-0.1, -0.05) is 30.3 Å². The largest absolute Gasteiger partial charge is 0.460 e. The first-order chi connectivity index (χ1) is 15.9. The highest BCUT2D eigenvalue weighted by Gasteiger charge is 2.23. The molecule has 0 radical (unpaired) electrons. The van der Waals surface area contributed by atoms with Crippen LogP contribution in [0.3, 0.4) is 0 Å². The second-order valence-electron chi connectivity index (χ2n) is 8.87. The SMILES string of the molecule is Cc1c(CC(=O)NCC(O)c2ccccc2)c(=O)oc2c(C)c3oc4c(c3cc12)CCCC4. The third-order valence-electron chi connectivity index (χ3n) is 6.74. The lowest BCUT2D eigenvalue weighted by molar-refractivity contribution is -0.120. The molecule has 2 aromatic heterocycles. The summed E-state index contributed by atoms with van der Waals surface area (Å²) < 4.78 is 11.8. The zero-order chi connectivity index (χ0) is 23.1. The highest BCUT2D eigenvalue weighted by atomic mass is 16.4. The number of hydrogen-bond donors (Lipinski definition) is 2. The number of fused-ring (bicyclic) bond motifs is 4. The summed E-state index contributed by atoms with van der Waals surface area (Å²) in [5, 5.41) is 14.9. The molecular formula is C27H27NO5. The van der Waals surface area contributed by atoms with Crippen molar-refractivity contribution in [2.75, 3.05) is 6.54 Å². The molecule has 0 spiro atoms. The summed E-state index contributed by atoms with van der Waals surface area (Å²) in [4.78, 5) is 25.4. The summed E-state index contributed by atoms with van der Waals surface area (Å²) in [5.41, 5.74) is 4.66. The van der Waals surface area contributed by atoms with Gasteiger partial charge < -0.3 is 19.3 Å². The summed E-state index contributed by atoms with van der Waals surface area (Å²) in [7, 11) is 0. The Kier molecular flexibility index (Phi) is 5.54. The van der Waals surface area contributed by atoms with Gasteiger partial charge in [-0.05, 0) is 50.3 Å². The van der Waals surface area contributed by atoms with Crippen LogP contribution in [0.15, 0.2) is 50.0 Å². The van der Waals surface area contributed by atoms with Gasteiger partial charge in [0.2, 0.25) is 5.91 Å². The zero-order valence-corrected chi connectivity index (χ0v) is 18.9. The normalized spacial score (nSPS) is 14.4. The van der Waals surface area contributed by atoms with Crippen molar-refractivity contribution >= 4 is 27.8 Å². The Morgan fingerprint density at radius 1 is 1.03 bits per heavy atom. The van der Waals surface area contributed by atoms with Crippen molar-refractivity contribution in [3.8, 4) is 0 Å². The summed E-state index contributed by atoms with van der Waals surface area (Å²) in [5.74, 6) is 0.699. The van der Waals surface area contributed by atoms with E-state index in [-0.39, 0.29) is 18.9 Å². The van der Waals surface area contributed by atoms with Gasteiger partial charge >= 0.3 is 5.63 Å². The van der Waals surface area contributed by atoms with E-state index in [0.29, 0.717) is 11.1 Å². The van der Waals surface area contributed by atoms with Crippen LogP contribution in [0.1, 0.15) is 52.5 Å². The van der Waals surface area contributed by atoms with E-state index in [2.05, 4.69) is 5.32 Å². The van der Waals surface area contributed by atoms with Gasteiger partial charge in [-0.15, -0.1) is 0 Å². The molecule has 0 bridgehead atoms. The number of nitrogens with one attached hydrogen (secondary N) is 1. The lowest BCUT2D eigenvalue weighted by Crippen LogP contribution is -2.31. The molecule has 2 N–H and O–H groups in total. The van der Waals surface area contributed by atoms with Gasteiger partial charge in [0.05, 0.1) is 18.1 Å². The molecule has 0 saturated carbocycles. The first-order valence-electron chi connectivity index (χ1n) is 11.4. The standard InChI is InChI=1S/C27H27NO5/c1-15-19-12-21-18-10-6-7-11-23(18)32-26(21)16(2)25(19)33-27(31)20(15)13-24(30)28-14-22(29)17-8-4-3-5-9-17/h3-5,8-9,12,22,29H,6-7,10-11,13-14H2,1-2H3,(H,28,30). The molecular weight excluding hydrogens is 418 g/mol. The summed E-state index contributed by atoms with van der Waals surface area (Å²) in [6, 6.07) is 11.2. The number of carbonyl (C=O) groups is 1. The topological polar surface area (TPSA) is 92.7 Å². The molecule has 0 aliphatic heterocycles. The lowest BCUT2D eigenvalue weighted by Gasteiger charge is -2.13. The van der Waals surface area contributed by atoms with Crippen LogP contribution in [0.4, 0.5) is 0 Å². The van der Waals surface area contributed by atoms with Gasteiger partial charge in [0, 0.05) is 34.9 Å². The average Bonchev–Trinajstić information content (AvgIpc) is 3.21. The van der Waals surface area contributed by atoms with Gasteiger partial charge in [0.25, 0.3) is 0 Å². The maximum atomic E-state index is 12.8. The molecule has 1 aliphatic carbocycles. The summed E-state index contributed by atoms with van der Waals surface area (Å²) >= 11 is 0. The van der Waals surface area contributed by atoms with Crippen molar-refractivity contribution in [2.45, 2.75) is 52.1 Å². The van der Waals surface area contributed by atoms with E-state index < -0.39 is 11.7 Å². The number of rotatable bonds is 5. The summed E-state index contributed by atoms with van der Waals surface area (Å²) in [6.45, 7) is 3.85. The fraction of sp³-hybridized carbons (Fsp3) is 0.333. The monoisotopic (exact) mass is 445 g/mol. The summed E-state index contributed by atoms with van der Waals surface area (Å²) in [6.07, 6.45) is 3.27. The third kappa shape index (κ3) is 3.85. The molecule has 1 unspecified atom stereocenters. The van der Waals surface area contributed by atoms with Crippen molar-refractivity contribution in [3.63, 3.8) is 0 Å². The Morgan fingerprint density at radius 2 is 1.76 bits per heavy atom. The number of furan rings is 1. The van der Waals surface area contributed by atoms with E-state index in [9.17, 15) is 14.7 Å². The Balaban J connectivity index is 1.45. The maximum Gasteiger partial charge on any atom is 0.340 e. The first kappa shape index (κ1) is 21.5. The minimum Gasteiger partial charge on any atom is -0.460 e. The molecule has 4 aromatic rings. The van der Waals surface area contributed by atoms with Crippen molar-refractivity contribution in [3.05, 3.63) is 80.4 Å². The number of benzene rings is 2. The van der Waals surface area contributed by atoms with Crippen molar-refractivity contribution in [2.24, 2.45) is 0 Å². The van der Waals surface area contributed by atoms with E-state index in [1.165, 1.54) is 5.56 Å². The molecule has 6 heteroatoms. The maximum absolute atomic E-state index is 12.8. The molecule has 0 fully saturated rings. The van der Waals surface area contributed by atoms with Crippen molar-refractivity contribution < 1.29 is 18.7 Å². The van der Waals surface area contributed by atoms with E-state index in [0.717, 1.165) is 64.5 Å². The molecule has 5 rings (SSSR count). The van der Waals surface area contributed by atoms with Gasteiger partial charge in [0.15, 0.2) is 0 Å². The second-order valence-corrected chi connectivity index (χ2v) is 8.87. The van der Waals surface area contributed by atoms with Crippen LogP contribution in [0.25, 0.3) is 21.9 Å². The van der Waals surface area contributed by atoms with Crippen LogP contribution in [0.5, 0.6) is 0 Å². The average molecular weight is 446 g/mol. The molecule has 1 aliphatic rings. The molecule has 33 heavy (non-hydrogen) atoms. The molecule has 2 aromatic carbocycles. The minimum atomic E-state index is -0.813. The third-order valence-corrected chi connectivity index (χ3v) is 6.74. The van der Waals surface area contributed by atoms with Crippen LogP contribution < -0.4 is 10.9 Å². The van der Waals surface area contributed by atoms with Crippen LogP contribution >= 0.6 is 0 Å². The number of aliphatic hydroxyl groups excluding tert-OH is 1. The fourth-order valence-electron chi connectivity index (χ4n) is 4.85. The molecule has 1 atom stereocenters. The van der Waals surface area contributed by atoms with Crippen molar-refractivity contribution in [1.82, 2.24) is 5.32 Å². The number of carbonyl (C=O) groups excluding carboxylic acids is 1. The predicted molar refractivity (Wildman–Crippen MR) is 126 cm³/mol. The van der Waals surface area contributed by atoms with E-state index in [1.54, 1.807) is 12.1 Å². The van der Waals surface area contributed by atoms with Gasteiger partial charge in [-0.3, -0.25) is 4.79 Å². The Bertz CT molecular complexity index is 1410. The van der Waals surface area contributed by atoms with E-state index in [4.69, 9.17) is 8.83 Å². The fourth-order valence-corrected chi connectivity index (χ4v) is 4.85. The lowest BCUT2D eigenvalue weighted by atomic mass is 9.93. The van der Waals surface area contributed by atoms with Crippen LogP contribution in [-0.2, 0) is 24.1 Å². The zero-order valence-electron chi connectivity index (χ0n) is 18.9. The second kappa shape index (κ2) is 8.52. The van der Waals surface area contributed by atoms with Crippen LogP contribution in [-0.4, -0.2) is 17.6 Å². The molecule has 1 amide bonds. The molecule has 0 saturated heterocycles. The van der Waals surface area contributed by atoms with E-state index in [1.807, 2.05) is 38.1 Å². The van der Waals surface area contributed by atoms with Gasteiger partial charge in [-0.2, -0.15) is 0 Å². The number of hydrogen-bond acceptors (Lipinski definition) is 5. The molecule has 2 heterocycles. The number of amides is 1. The smallest absolute Gasteiger partial charge is 0.340 e. The predicted octanol–water partition coefficient (Wildman–Crippen LogP) is 4.43. The van der Waals surface area contributed by atoms with Crippen LogP contribution in [0.2, 0.25) is 0 Å². The van der Waals surface area contributed by atoms with E-state index >= 15 is 0 Å². The Hall–Kier alpha value is -3.38. The number of aliphatic hydroxyl groups is 1. The molecule has 6 nitrogen and oxygen atoms in total. The highest BCUT2D eigenvalue weighted by Crippen LogP contribution is 2.37. The molecule has 170 valence electrons. The first-order valence-corrected chi connectivity index (χ1v) is 11.4. The minimum absolute atomic E-state index is 0.0711. The van der Waals surface area contributed by atoms with Gasteiger partial charge in [-0.25, -0.2) is 4.79 Å². The highest BCUT2D eigenvalue weighted by molar-refractivity contribution is 6.00. The Morgan fingerprint density at radius 3 is 2.55 bits per heavy atom. The number of aryl methyl sites for hydroxylation is 4. The van der Waals surface area contributed by atoms with Gasteiger partial charge in [0.1, 0.15) is 16.9 Å². The quantitative estimate of drug-likeness (QED) is 0.444. The van der Waals surface area contributed by atoms with Crippen molar-refractivity contribution in [1.29, 1.82) is 0 Å². The Labute approximate surface area is 191 Å².